The molecule has 0 spiro atoms. The largest absolute Gasteiger partial charge is 0.371 e. The topological polar surface area (TPSA) is 20.3 Å². The molecule has 2 rings (SSSR count). The molecule has 0 N–H and O–H groups in total. The van der Waals surface area contributed by atoms with Gasteiger partial charge < -0.3 is 4.90 Å². The van der Waals surface area contributed by atoms with E-state index in [1.165, 1.54) is 12.8 Å². The lowest BCUT2D eigenvalue weighted by Gasteiger charge is -2.40. The van der Waals surface area contributed by atoms with Crippen molar-refractivity contribution in [2.75, 3.05) is 18.0 Å². The Bertz CT molecular complexity index is 456. The molecule has 1 fully saturated rings. The Labute approximate surface area is 120 Å². The van der Waals surface area contributed by atoms with Crippen molar-refractivity contribution in [3.8, 4) is 0 Å². The van der Waals surface area contributed by atoms with E-state index in [9.17, 15) is 4.79 Å². The van der Waals surface area contributed by atoms with E-state index in [2.05, 4.69) is 25.7 Å². The van der Waals surface area contributed by atoms with E-state index in [0.717, 1.165) is 31.0 Å². The molecule has 0 amide bonds. The second-order valence-corrected chi connectivity index (χ2v) is 6.88. The average Bonchev–Trinajstić information content (AvgIpc) is 2.37. The summed E-state index contributed by atoms with van der Waals surface area (Å²) in [7, 11) is 0. The number of carbonyl (C=O) groups is 1. The number of hydrogen-bond acceptors (Lipinski definition) is 2. The molecule has 1 saturated heterocycles. The van der Waals surface area contributed by atoms with E-state index in [1.54, 1.807) is 6.07 Å². The second-order valence-electron chi connectivity index (χ2n) is 6.45. The van der Waals surface area contributed by atoms with Crippen molar-refractivity contribution in [3.05, 3.63) is 28.8 Å². The SMILES string of the molecule is CC(C)(C)C1CCN(c2ccc(Cl)cc2C=O)CC1. The van der Waals surface area contributed by atoms with Crippen LogP contribution in [0.2, 0.25) is 5.02 Å². The summed E-state index contributed by atoms with van der Waals surface area (Å²) < 4.78 is 0. The van der Waals surface area contributed by atoms with Gasteiger partial charge in [-0.2, -0.15) is 0 Å². The van der Waals surface area contributed by atoms with Crippen LogP contribution in [-0.4, -0.2) is 19.4 Å². The Hall–Kier alpha value is -1.02. The van der Waals surface area contributed by atoms with E-state index in [1.807, 2.05) is 12.1 Å². The van der Waals surface area contributed by atoms with Gasteiger partial charge in [-0.25, -0.2) is 0 Å². The van der Waals surface area contributed by atoms with Gasteiger partial charge >= 0.3 is 0 Å². The molecule has 0 unspecified atom stereocenters. The van der Waals surface area contributed by atoms with Crippen LogP contribution in [0, 0.1) is 11.3 Å². The van der Waals surface area contributed by atoms with Gasteiger partial charge in [-0.15, -0.1) is 0 Å². The highest BCUT2D eigenvalue weighted by molar-refractivity contribution is 6.31. The molecule has 1 aromatic carbocycles. The molecule has 0 radical (unpaired) electrons. The monoisotopic (exact) mass is 279 g/mol. The molecular weight excluding hydrogens is 258 g/mol. The number of carbonyl (C=O) groups excluding carboxylic acids is 1. The highest BCUT2D eigenvalue weighted by Gasteiger charge is 2.29. The minimum Gasteiger partial charge on any atom is -0.371 e. The Balaban J connectivity index is 2.12. The number of hydrogen-bond donors (Lipinski definition) is 0. The molecule has 0 saturated carbocycles. The first-order chi connectivity index (χ1) is 8.91. The minimum absolute atomic E-state index is 0.375. The third-order valence-corrected chi connectivity index (χ3v) is 4.41. The van der Waals surface area contributed by atoms with Crippen molar-refractivity contribution in [1.82, 2.24) is 0 Å². The van der Waals surface area contributed by atoms with Gasteiger partial charge in [-0.1, -0.05) is 32.4 Å². The van der Waals surface area contributed by atoms with Crippen LogP contribution in [0.4, 0.5) is 5.69 Å². The Morgan fingerprint density at radius 1 is 1.26 bits per heavy atom. The summed E-state index contributed by atoms with van der Waals surface area (Å²) in [6.07, 6.45) is 3.27. The molecule has 104 valence electrons. The fraction of sp³-hybridized carbons (Fsp3) is 0.562. The van der Waals surface area contributed by atoms with Gasteiger partial charge in [0.1, 0.15) is 0 Å². The highest BCUT2D eigenvalue weighted by Crippen LogP contribution is 2.36. The fourth-order valence-corrected chi connectivity index (χ4v) is 3.07. The maximum Gasteiger partial charge on any atom is 0.152 e. The smallest absolute Gasteiger partial charge is 0.152 e. The molecule has 3 heteroatoms. The van der Waals surface area contributed by atoms with Crippen LogP contribution < -0.4 is 4.90 Å². The van der Waals surface area contributed by atoms with Crippen molar-refractivity contribution >= 4 is 23.6 Å². The molecule has 0 aliphatic carbocycles. The maximum atomic E-state index is 11.2. The van der Waals surface area contributed by atoms with E-state index in [4.69, 9.17) is 11.6 Å². The first-order valence-electron chi connectivity index (χ1n) is 6.91. The number of aldehydes is 1. The Morgan fingerprint density at radius 3 is 2.42 bits per heavy atom. The minimum atomic E-state index is 0.375. The molecule has 0 atom stereocenters. The zero-order valence-electron chi connectivity index (χ0n) is 11.9. The third-order valence-electron chi connectivity index (χ3n) is 4.18. The van der Waals surface area contributed by atoms with Crippen LogP contribution in [0.1, 0.15) is 44.0 Å². The predicted molar refractivity (Wildman–Crippen MR) is 81.2 cm³/mol. The first kappa shape index (κ1) is 14.4. The van der Waals surface area contributed by atoms with Gasteiger partial charge in [0.2, 0.25) is 0 Å². The quantitative estimate of drug-likeness (QED) is 0.747. The van der Waals surface area contributed by atoms with Gasteiger partial charge in [0, 0.05) is 29.4 Å². The van der Waals surface area contributed by atoms with Crippen LogP contribution in [0.25, 0.3) is 0 Å². The zero-order valence-corrected chi connectivity index (χ0v) is 12.7. The summed E-state index contributed by atoms with van der Waals surface area (Å²) in [5, 5.41) is 0.621. The second kappa shape index (κ2) is 5.54. The number of nitrogens with zero attached hydrogens (tertiary/aromatic N) is 1. The lowest BCUT2D eigenvalue weighted by molar-refractivity contribution is 0.112. The van der Waals surface area contributed by atoms with Crippen LogP contribution >= 0.6 is 11.6 Å². The summed E-state index contributed by atoms with van der Waals surface area (Å²) in [4.78, 5) is 13.5. The lowest BCUT2D eigenvalue weighted by atomic mass is 9.75. The molecule has 0 aromatic heterocycles. The number of anilines is 1. The van der Waals surface area contributed by atoms with E-state index in [0.29, 0.717) is 16.0 Å². The predicted octanol–water partition coefficient (Wildman–Crippen LogP) is 4.42. The number of benzene rings is 1. The van der Waals surface area contributed by atoms with Gasteiger partial charge in [0.25, 0.3) is 0 Å². The molecule has 1 aromatic rings. The van der Waals surface area contributed by atoms with Gasteiger partial charge in [0.05, 0.1) is 0 Å². The van der Waals surface area contributed by atoms with Crippen LogP contribution in [-0.2, 0) is 0 Å². The van der Waals surface area contributed by atoms with Crippen molar-refractivity contribution in [3.63, 3.8) is 0 Å². The van der Waals surface area contributed by atoms with Crippen molar-refractivity contribution < 1.29 is 4.79 Å². The van der Waals surface area contributed by atoms with Crippen LogP contribution in [0.5, 0.6) is 0 Å². The molecule has 1 heterocycles. The summed E-state index contributed by atoms with van der Waals surface area (Å²) >= 11 is 5.94. The zero-order chi connectivity index (χ0) is 14.0. The van der Waals surface area contributed by atoms with E-state index >= 15 is 0 Å². The first-order valence-corrected chi connectivity index (χ1v) is 7.29. The molecule has 1 aliphatic heterocycles. The molecule has 2 nitrogen and oxygen atoms in total. The van der Waals surface area contributed by atoms with Crippen molar-refractivity contribution in [2.45, 2.75) is 33.6 Å². The van der Waals surface area contributed by atoms with Crippen LogP contribution in [0.15, 0.2) is 18.2 Å². The Kier molecular flexibility index (Phi) is 4.19. The van der Waals surface area contributed by atoms with Gasteiger partial charge in [0.15, 0.2) is 6.29 Å². The molecule has 19 heavy (non-hydrogen) atoms. The van der Waals surface area contributed by atoms with Crippen molar-refractivity contribution in [1.29, 1.82) is 0 Å². The summed E-state index contributed by atoms with van der Waals surface area (Å²) in [6, 6.07) is 5.57. The fourth-order valence-electron chi connectivity index (χ4n) is 2.89. The van der Waals surface area contributed by atoms with E-state index in [-0.39, 0.29) is 0 Å². The molecule has 1 aliphatic rings. The lowest BCUT2D eigenvalue weighted by Crippen LogP contribution is -2.38. The third kappa shape index (κ3) is 3.30. The highest BCUT2D eigenvalue weighted by atomic mass is 35.5. The van der Waals surface area contributed by atoms with Crippen LogP contribution in [0.3, 0.4) is 0 Å². The van der Waals surface area contributed by atoms with E-state index < -0.39 is 0 Å². The number of rotatable bonds is 2. The standard InChI is InChI=1S/C16H22ClNO/c1-16(2,3)13-6-8-18(9-7-13)15-5-4-14(17)10-12(15)11-19/h4-5,10-11,13H,6-9H2,1-3H3. The number of piperidine rings is 1. The molecule has 0 bridgehead atoms. The average molecular weight is 280 g/mol. The summed E-state index contributed by atoms with van der Waals surface area (Å²) in [5.74, 6) is 0.760. The summed E-state index contributed by atoms with van der Waals surface area (Å²) in [6.45, 7) is 8.97. The number of halogens is 1. The molecular formula is C16H22ClNO. The summed E-state index contributed by atoms with van der Waals surface area (Å²) in [5.41, 5.74) is 2.09. The van der Waals surface area contributed by atoms with Gasteiger partial charge in [-0.05, 0) is 42.4 Å². The van der Waals surface area contributed by atoms with Crippen molar-refractivity contribution in [2.24, 2.45) is 11.3 Å². The Morgan fingerprint density at radius 2 is 1.89 bits per heavy atom. The van der Waals surface area contributed by atoms with Gasteiger partial charge in [-0.3, -0.25) is 4.79 Å². The normalized spacial score (nSPS) is 17.6. The maximum absolute atomic E-state index is 11.2.